The summed E-state index contributed by atoms with van der Waals surface area (Å²) in [7, 11) is 1.88. The first-order valence-electron chi connectivity index (χ1n) is 6.71. The molecule has 0 unspecified atom stereocenters. The summed E-state index contributed by atoms with van der Waals surface area (Å²) >= 11 is 0. The fraction of sp³-hybridized carbons (Fsp3) is 0.250. The Morgan fingerprint density at radius 3 is 2.57 bits per heavy atom. The molecule has 0 fully saturated rings. The Balaban J connectivity index is 2.17. The molecule has 2 rings (SSSR count). The lowest BCUT2D eigenvalue weighted by atomic mass is 10.1. The van der Waals surface area contributed by atoms with Crippen molar-refractivity contribution in [3.63, 3.8) is 0 Å². The van der Waals surface area contributed by atoms with Crippen molar-refractivity contribution in [2.45, 2.75) is 20.1 Å². The monoisotopic (exact) mass is 286 g/mol. The van der Waals surface area contributed by atoms with Gasteiger partial charge in [0.15, 0.2) is 0 Å². The zero-order valence-electron chi connectivity index (χ0n) is 12.1. The van der Waals surface area contributed by atoms with Crippen molar-refractivity contribution in [2.75, 3.05) is 7.05 Å². The van der Waals surface area contributed by atoms with E-state index < -0.39 is 0 Å². The van der Waals surface area contributed by atoms with Gasteiger partial charge in [-0.25, -0.2) is 0 Å². The second-order valence-electron chi connectivity index (χ2n) is 4.75. The molecule has 5 nitrogen and oxygen atoms in total. The second-order valence-corrected chi connectivity index (χ2v) is 4.75. The van der Waals surface area contributed by atoms with Crippen LogP contribution in [0.1, 0.15) is 16.7 Å². The number of rotatable bonds is 6. The maximum absolute atomic E-state index is 10.9. The van der Waals surface area contributed by atoms with Crippen molar-refractivity contribution in [3.05, 3.63) is 69.3 Å². The third kappa shape index (κ3) is 3.58. The molecule has 1 N–H and O–H groups in total. The Bertz CT molecular complexity index is 641. The summed E-state index contributed by atoms with van der Waals surface area (Å²) in [5.41, 5.74) is 2.65. The van der Waals surface area contributed by atoms with E-state index in [1.54, 1.807) is 13.0 Å². The first-order chi connectivity index (χ1) is 10.1. The molecule has 0 radical (unpaired) electrons. The SMILES string of the molecule is CNCc1ccccc1OCc1cccc([N+](=O)[O-])c1C. The molecule has 0 saturated carbocycles. The van der Waals surface area contributed by atoms with E-state index in [1.165, 1.54) is 6.07 Å². The highest BCUT2D eigenvalue weighted by atomic mass is 16.6. The van der Waals surface area contributed by atoms with E-state index in [1.807, 2.05) is 37.4 Å². The number of nitrogens with one attached hydrogen (secondary N) is 1. The van der Waals surface area contributed by atoms with Crippen LogP contribution in [0.15, 0.2) is 42.5 Å². The Labute approximate surface area is 123 Å². The summed E-state index contributed by atoms with van der Waals surface area (Å²) in [6, 6.07) is 12.8. The fourth-order valence-electron chi connectivity index (χ4n) is 2.16. The van der Waals surface area contributed by atoms with Crippen molar-refractivity contribution < 1.29 is 9.66 Å². The van der Waals surface area contributed by atoms with Crippen molar-refractivity contribution in [3.8, 4) is 5.75 Å². The molecule has 0 bridgehead atoms. The van der Waals surface area contributed by atoms with Gasteiger partial charge < -0.3 is 10.1 Å². The molecule has 0 aliphatic carbocycles. The van der Waals surface area contributed by atoms with Gasteiger partial charge in [-0.2, -0.15) is 0 Å². The van der Waals surface area contributed by atoms with Gasteiger partial charge in [0.05, 0.1) is 4.92 Å². The van der Waals surface area contributed by atoms with E-state index in [4.69, 9.17) is 4.74 Å². The zero-order chi connectivity index (χ0) is 15.2. The second kappa shape index (κ2) is 6.85. The number of nitrogens with zero attached hydrogens (tertiary/aromatic N) is 1. The van der Waals surface area contributed by atoms with E-state index in [0.29, 0.717) is 18.7 Å². The molecular formula is C16H18N2O3. The van der Waals surface area contributed by atoms with E-state index in [0.717, 1.165) is 16.9 Å². The van der Waals surface area contributed by atoms with Gasteiger partial charge in [0, 0.05) is 23.7 Å². The minimum atomic E-state index is -0.367. The van der Waals surface area contributed by atoms with Crippen LogP contribution < -0.4 is 10.1 Å². The third-order valence-corrected chi connectivity index (χ3v) is 3.34. The predicted molar refractivity (Wildman–Crippen MR) is 81.4 cm³/mol. The maximum Gasteiger partial charge on any atom is 0.272 e. The van der Waals surface area contributed by atoms with Gasteiger partial charge in [0.2, 0.25) is 0 Å². The van der Waals surface area contributed by atoms with Crippen LogP contribution in [0.3, 0.4) is 0 Å². The molecule has 0 atom stereocenters. The van der Waals surface area contributed by atoms with Crippen LogP contribution in [0.5, 0.6) is 5.75 Å². The van der Waals surface area contributed by atoms with Crippen molar-refractivity contribution in [1.29, 1.82) is 0 Å². The van der Waals surface area contributed by atoms with Gasteiger partial charge in [-0.15, -0.1) is 0 Å². The molecular weight excluding hydrogens is 268 g/mol. The molecule has 0 aliphatic heterocycles. The average Bonchev–Trinajstić information content (AvgIpc) is 2.47. The third-order valence-electron chi connectivity index (χ3n) is 3.34. The van der Waals surface area contributed by atoms with Gasteiger partial charge in [0.25, 0.3) is 5.69 Å². The molecule has 0 aliphatic rings. The van der Waals surface area contributed by atoms with Crippen LogP contribution >= 0.6 is 0 Å². The molecule has 110 valence electrons. The molecule has 0 amide bonds. The molecule has 2 aromatic carbocycles. The standard InChI is InChI=1S/C16H18N2O3/c1-12-14(7-5-8-15(12)18(19)20)11-21-16-9-4-3-6-13(16)10-17-2/h3-9,17H,10-11H2,1-2H3. The largest absolute Gasteiger partial charge is 0.489 e. The summed E-state index contributed by atoms with van der Waals surface area (Å²) in [4.78, 5) is 10.6. The fourth-order valence-corrected chi connectivity index (χ4v) is 2.16. The molecule has 0 spiro atoms. The number of nitro benzene ring substituents is 1. The Morgan fingerprint density at radius 1 is 1.14 bits per heavy atom. The summed E-state index contributed by atoms with van der Waals surface area (Å²) < 4.78 is 5.83. The van der Waals surface area contributed by atoms with Gasteiger partial charge in [-0.05, 0) is 25.6 Å². The van der Waals surface area contributed by atoms with Gasteiger partial charge in [0.1, 0.15) is 12.4 Å². The number of hydrogen-bond donors (Lipinski definition) is 1. The van der Waals surface area contributed by atoms with Crippen LogP contribution in [0.25, 0.3) is 0 Å². The minimum Gasteiger partial charge on any atom is -0.489 e. The van der Waals surface area contributed by atoms with Crippen molar-refractivity contribution in [1.82, 2.24) is 5.32 Å². The number of hydrogen-bond acceptors (Lipinski definition) is 4. The minimum absolute atomic E-state index is 0.125. The molecule has 0 heterocycles. The molecule has 21 heavy (non-hydrogen) atoms. The lowest BCUT2D eigenvalue weighted by Gasteiger charge is -2.12. The first-order valence-corrected chi connectivity index (χ1v) is 6.71. The Morgan fingerprint density at radius 2 is 1.86 bits per heavy atom. The summed E-state index contributed by atoms with van der Waals surface area (Å²) in [6.07, 6.45) is 0. The molecule has 0 aromatic heterocycles. The van der Waals surface area contributed by atoms with Crippen LogP contribution in [-0.4, -0.2) is 12.0 Å². The predicted octanol–water partition coefficient (Wildman–Crippen LogP) is 3.20. The molecule has 2 aromatic rings. The van der Waals surface area contributed by atoms with Gasteiger partial charge in [-0.3, -0.25) is 10.1 Å². The van der Waals surface area contributed by atoms with Crippen molar-refractivity contribution >= 4 is 5.69 Å². The van der Waals surface area contributed by atoms with Gasteiger partial charge >= 0.3 is 0 Å². The number of ether oxygens (including phenoxy) is 1. The summed E-state index contributed by atoms with van der Waals surface area (Å²) in [5.74, 6) is 0.790. The highest BCUT2D eigenvalue weighted by Crippen LogP contribution is 2.24. The summed E-state index contributed by atoms with van der Waals surface area (Å²) in [5, 5.41) is 14.0. The van der Waals surface area contributed by atoms with Crippen LogP contribution in [-0.2, 0) is 13.2 Å². The summed E-state index contributed by atoms with van der Waals surface area (Å²) in [6.45, 7) is 2.77. The van der Waals surface area contributed by atoms with E-state index in [-0.39, 0.29) is 10.6 Å². The molecule has 0 saturated heterocycles. The normalized spacial score (nSPS) is 10.4. The van der Waals surface area contributed by atoms with Crippen LogP contribution in [0, 0.1) is 17.0 Å². The van der Waals surface area contributed by atoms with Crippen molar-refractivity contribution in [2.24, 2.45) is 0 Å². The zero-order valence-corrected chi connectivity index (χ0v) is 12.1. The first kappa shape index (κ1) is 15.0. The smallest absolute Gasteiger partial charge is 0.272 e. The van der Waals surface area contributed by atoms with Crippen LogP contribution in [0.2, 0.25) is 0 Å². The van der Waals surface area contributed by atoms with Crippen LogP contribution in [0.4, 0.5) is 5.69 Å². The Kier molecular flexibility index (Phi) is 4.90. The molecule has 5 heteroatoms. The van der Waals surface area contributed by atoms with E-state index in [2.05, 4.69) is 5.32 Å². The van der Waals surface area contributed by atoms with E-state index >= 15 is 0 Å². The van der Waals surface area contributed by atoms with Gasteiger partial charge in [-0.1, -0.05) is 30.3 Å². The Hall–Kier alpha value is -2.40. The highest BCUT2D eigenvalue weighted by Gasteiger charge is 2.13. The number of para-hydroxylation sites is 1. The quantitative estimate of drug-likeness (QED) is 0.654. The number of nitro groups is 1. The van der Waals surface area contributed by atoms with E-state index in [9.17, 15) is 10.1 Å². The topological polar surface area (TPSA) is 64.4 Å². The lowest BCUT2D eigenvalue weighted by Crippen LogP contribution is -2.08. The lowest BCUT2D eigenvalue weighted by molar-refractivity contribution is -0.385. The highest BCUT2D eigenvalue weighted by molar-refractivity contribution is 5.44. The average molecular weight is 286 g/mol. The number of benzene rings is 2. The maximum atomic E-state index is 10.9.